The maximum Gasteiger partial charge on any atom is 0.407 e. The number of hydrogen-bond acceptors (Lipinski definition) is 7. The lowest BCUT2D eigenvalue weighted by molar-refractivity contribution is -0.122. The number of hydrogen-bond donors (Lipinski definition) is 5. The zero-order valence-electron chi connectivity index (χ0n) is 22.9. The molecule has 0 aromatic carbocycles. The van der Waals surface area contributed by atoms with Crippen molar-refractivity contribution in [1.82, 2.24) is 21.3 Å². The van der Waals surface area contributed by atoms with Gasteiger partial charge in [0.05, 0.1) is 19.3 Å². The Morgan fingerprint density at radius 1 is 1.14 bits per heavy atom. The van der Waals surface area contributed by atoms with Gasteiger partial charge in [-0.15, -0.1) is 0 Å². The molecule has 5 N–H and O–H groups in total. The summed E-state index contributed by atoms with van der Waals surface area (Å²) in [7, 11) is 1.38. The van der Waals surface area contributed by atoms with Gasteiger partial charge in [0.1, 0.15) is 5.57 Å². The van der Waals surface area contributed by atoms with Crippen LogP contribution in [0.15, 0.2) is 23.7 Å². The molecule has 4 saturated carbocycles. The van der Waals surface area contributed by atoms with Crippen LogP contribution in [0.1, 0.15) is 66.7 Å². The van der Waals surface area contributed by atoms with Crippen molar-refractivity contribution >= 4 is 24.1 Å². The average Bonchev–Trinajstić information content (AvgIpc) is 2.78. The van der Waals surface area contributed by atoms with Crippen molar-refractivity contribution in [3.8, 4) is 0 Å². The second-order valence-corrected chi connectivity index (χ2v) is 11.8. The summed E-state index contributed by atoms with van der Waals surface area (Å²) in [5.74, 6) is 0.947. The van der Waals surface area contributed by atoms with Gasteiger partial charge in [0.25, 0.3) is 5.91 Å². The Kier molecular flexibility index (Phi) is 8.92. The molecule has 4 fully saturated rings. The van der Waals surface area contributed by atoms with E-state index < -0.39 is 11.6 Å². The van der Waals surface area contributed by atoms with Crippen LogP contribution in [0.4, 0.5) is 4.79 Å². The monoisotopic (exact) mass is 517 g/mol. The largest absolute Gasteiger partial charge is 0.478 e. The van der Waals surface area contributed by atoms with Crippen molar-refractivity contribution in [3.05, 3.63) is 23.7 Å². The van der Waals surface area contributed by atoms with Crippen LogP contribution in [0.5, 0.6) is 0 Å². The highest BCUT2D eigenvalue weighted by Gasteiger charge is 2.56. The van der Waals surface area contributed by atoms with Crippen molar-refractivity contribution < 1.29 is 23.9 Å². The first-order valence-electron chi connectivity index (χ1n) is 13.1. The summed E-state index contributed by atoms with van der Waals surface area (Å²) < 4.78 is 10.8. The molecule has 4 aliphatic rings. The summed E-state index contributed by atoms with van der Waals surface area (Å²) in [5.41, 5.74) is -0.758. The Hall–Kier alpha value is -3.04. The summed E-state index contributed by atoms with van der Waals surface area (Å²) in [6.45, 7) is 9.53. The Morgan fingerprint density at radius 3 is 2.32 bits per heavy atom. The van der Waals surface area contributed by atoms with E-state index in [2.05, 4.69) is 21.3 Å². The molecule has 10 heteroatoms. The zero-order chi connectivity index (χ0) is 27.4. The number of rotatable bonds is 11. The first kappa shape index (κ1) is 28.5. The Bertz CT molecular complexity index is 941. The summed E-state index contributed by atoms with van der Waals surface area (Å²) in [4.78, 5) is 36.9. The first-order chi connectivity index (χ1) is 17.4. The van der Waals surface area contributed by atoms with Gasteiger partial charge in [-0.3, -0.25) is 9.59 Å². The van der Waals surface area contributed by atoms with Crippen LogP contribution in [0.2, 0.25) is 0 Å². The van der Waals surface area contributed by atoms with Crippen molar-refractivity contribution in [2.75, 3.05) is 13.7 Å². The Morgan fingerprint density at radius 2 is 1.78 bits per heavy atom. The third-order valence-corrected chi connectivity index (χ3v) is 7.53. The van der Waals surface area contributed by atoms with Crippen LogP contribution in [0.3, 0.4) is 0 Å². The Balaban J connectivity index is 1.76. The molecule has 0 aromatic heterocycles. The molecule has 0 heterocycles. The lowest BCUT2D eigenvalue weighted by Gasteiger charge is -2.59. The molecule has 0 aromatic rings. The summed E-state index contributed by atoms with van der Waals surface area (Å²) in [5, 5.41) is 20.1. The highest BCUT2D eigenvalue weighted by atomic mass is 16.5. The summed E-state index contributed by atoms with van der Waals surface area (Å²) in [6.07, 6.45) is 8.60. The number of alkyl carbamates (subject to hydrolysis) is 1. The minimum absolute atomic E-state index is 0.0211. The van der Waals surface area contributed by atoms with Gasteiger partial charge in [0.15, 0.2) is 0 Å². The Labute approximate surface area is 219 Å². The zero-order valence-corrected chi connectivity index (χ0v) is 22.9. The molecule has 37 heavy (non-hydrogen) atoms. The first-order valence-corrected chi connectivity index (χ1v) is 13.1. The fourth-order valence-electron chi connectivity index (χ4n) is 6.41. The van der Waals surface area contributed by atoms with Gasteiger partial charge in [-0.2, -0.15) is 0 Å². The van der Waals surface area contributed by atoms with Crippen LogP contribution >= 0.6 is 0 Å². The van der Waals surface area contributed by atoms with Crippen molar-refractivity contribution in [3.63, 3.8) is 0 Å². The highest BCUT2D eigenvalue weighted by molar-refractivity contribution is 6.11. The lowest BCUT2D eigenvalue weighted by atomic mass is 9.51. The normalized spacial score (nSPS) is 28.9. The number of methoxy groups -OCH3 is 1. The van der Waals surface area contributed by atoms with Crippen LogP contribution in [-0.2, 0) is 19.1 Å². The molecule has 206 valence electrons. The van der Waals surface area contributed by atoms with E-state index in [9.17, 15) is 14.4 Å². The van der Waals surface area contributed by atoms with E-state index in [1.54, 1.807) is 12.3 Å². The smallest absolute Gasteiger partial charge is 0.407 e. The molecular formula is C27H43N5O5. The number of amides is 3. The molecule has 4 aliphatic carbocycles. The van der Waals surface area contributed by atoms with Gasteiger partial charge >= 0.3 is 6.09 Å². The van der Waals surface area contributed by atoms with E-state index in [0.29, 0.717) is 12.5 Å². The highest BCUT2D eigenvalue weighted by Crippen LogP contribution is 2.55. The minimum atomic E-state index is -0.607. The third-order valence-electron chi connectivity index (χ3n) is 7.53. The molecule has 2 unspecified atom stereocenters. The predicted molar refractivity (Wildman–Crippen MR) is 141 cm³/mol. The van der Waals surface area contributed by atoms with Crippen LogP contribution in [0.25, 0.3) is 0 Å². The average molecular weight is 518 g/mol. The second-order valence-electron chi connectivity index (χ2n) is 11.8. The quantitative estimate of drug-likeness (QED) is 0.162. The SMILES string of the molecule is COC(=O)NC12CC3CC(C1)C(NC(=O)/C(C=N)=C(/N/C=C/C(C)(C)NC(C)=O)OCC(C)C)C(C3)C2. The molecule has 2 atom stereocenters. The number of carbonyl (C=O) groups is 3. The van der Waals surface area contributed by atoms with E-state index in [0.717, 1.165) is 38.3 Å². The molecule has 0 spiro atoms. The van der Waals surface area contributed by atoms with Crippen LogP contribution in [-0.4, -0.2) is 55.0 Å². The molecule has 0 saturated heterocycles. The van der Waals surface area contributed by atoms with Gasteiger partial charge < -0.3 is 36.2 Å². The van der Waals surface area contributed by atoms with Gasteiger partial charge in [0.2, 0.25) is 11.8 Å². The molecule has 4 bridgehead atoms. The van der Waals surface area contributed by atoms with Gasteiger partial charge in [-0.1, -0.05) is 13.8 Å². The van der Waals surface area contributed by atoms with Crippen molar-refractivity contribution in [2.45, 2.75) is 83.8 Å². The lowest BCUT2D eigenvalue weighted by Crippen LogP contribution is -2.66. The van der Waals surface area contributed by atoms with Crippen molar-refractivity contribution in [1.29, 1.82) is 5.41 Å². The van der Waals surface area contributed by atoms with Gasteiger partial charge in [-0.05, 0) is 75.7 Å². The summed E-state index contributed by atoms with van der Waals surface area (Å²) >= 11 is 0. The van der Waals surface area contributed by atoms with Gasteiger partial charge in [-0.25, -0.2) is 4.79 Å². The van der Waals surface area contributed by atoms with E-state index >= 15 is 0 Å². The van der Waals surface area contributed by atoms with Crippen LogP contribution in [0, 0.1) is 29.1 Å². The minimum Gasteiger partial charge on any atom is -0.478 e. The molecule has 0 aliphatic heterocycles. The topological polar surface area (TPSA) is 142 Å². The van der Waals surface area contributed by atoms with Crippen LogP contribution < -0.4 is 21.3 Å². The van der Waals surface area contributed by atoms with Gasteiger partial charge in [0, 0.05) is 30.9 Å². The molecule has 3 amide bonds. The fourth-order valence-corrected chi connectivity index (χ4v) is 6.41. The molecule has 4 rings (SSSR count). The number of ether oxygens (including phenoxy) is 2. The molecule has 0 radical (unpaired) electrons. The third kappa shape index (κ3) is 7.26. The molecule has 10 nitrogen and oxygen atoms in total. The fraction of sp³-hybridized carbons (Fsp3) is 0.704. The van der Waals surface area contributed by atoms with E-state index in [1.165, 1.54) is 14.0 Å². The number of nitrogens with one attached hydrogen (secondary N) is 5. The predicted octanol–water partition coefficient (Wildman–Crippen LogP) is 2.96. The maximum atomic E-state index is 13.5. The van der Waals surface area contributed by atoms with E-state index in [-0.39, 0.29) is 52.6 Å². The summed E-state index contributed by atoms with van der Waals surface area (Å²) in [6, 6.07) is -0.0211. The van der Waals surface area contributed by atoms with E-state index in [4.69, 9.17) is 14.9 Å². The maximum absolute atomic E-state index is 13.5. The van der Waals surface area contributed by atoms with E-state index in [1.807, 2.05) is 27.7 Å². The number of carbonyl (C=O) groups excluding carboxylic acids is 3. The van der Waals surface area contributed by atoms with Crippen molar-refractivity contribution in [2.24, 2.45) is 23.7 Å². The molecular weight excluding hydrogens is 474 g/mol. The standard InChI is InChI=1S/C27H43N5O5/c1-16(2)15-37-24(29-8-7-26(4,5)31-17(3)33)21(14-28)23(34)30-22-19-9-18-10-20(22)13-27(11-18,12-19)32-25(35)36-6/h7-8,14,16,18-20,22,28-29H,9-13,15H2,1-6H3,(H,30,34)(H,31,33)(H,32,35)/b8-7+,24-21-,28-14?. The second kappa shape index (κ2) is 11.6.